The number of ether oxygens (including phenoxy) is 2. The minimum absolute atomic E-state index is 0.143. The molecule has 0 spiro atoms. The Morgan fingerprint density at radius 3 is 2.56 bits per heavy atom. The Morgan fingerprint density at radius 2 is 1.84 bits per heavy atom. The Bertz CT molecular complexity index is 1110. The standard InChI is InChI=1S/C23H22BrN3O5/c1-3-30-20-13-15(12-17(24)21(20)31-4-2)14-25-27-22(28)16-8-5-6-9-18(16)26-23(29)19-10-7-11-32-19/h5-14H,3-4H2,1-2H3,(H,26,29)(H,27,28)/b25-14-. The van der Waals surface area contributed by atoms with E-state index in [1.807, 2.05) is 13.8 Å². The fraction of sp³-hybridized carbons (Fsp3) is 0.174. The maximum absolute atomic E-state index is 12.6. The minimum Gasteiger partial charge on any atom is -0.490 e. The van der Waals surface area contributed by atoms with Crippen LogP contribution in [-0.2, 0) is 0 Å². The smallest absolute Gasteiger partial charge is 0.291 e. The van der Waals surface area contributed by atoms with Gasteiger partial charge in [0.1, 0.15) is 0 Å². The van der Waals surface area contributed by atoms with Gasteiger partial charge in [0.05, 0.1) is 41.4 Å². The van der Waals surface area contributed by atoms with E-state index in [0.29, 0.717) is 40.4 Å². The Kier molecular flexibility index (Phi) is 8.04. The van der Waals surface area contributed by atoms with Crippen molar-refractivity contribution in [3.8, 4) is 11.5 Å². The topological polar surface area (TPSA) is 102 Å². The number of hydrazone groups is 1. The number of carbonyl (C=O) groups is 2. The van der Waals surface area contributed by atoms with Crippen molar-refractivity contribution >= 4 is 39.6 Å². The van der Waals surface area contributed by atoms with Gasteiger partial charge in [0.2, 0.25) is 0 Å². The SMILES string of the molecule is CCOc1cc(/C=N\NC(=O)c2ccccc2NC(=O)c2ccco2)cc(Br)c1OCC. The van der Waals surface area contributed by atoms with Crippen molar-refractivity contribution in [2.24, 2.45) is 5.10 Å². The average molecular weight is 500 g/mol. The third-order valence-electron chi connectivity index (χ3n) is 4.16. The number of nitrogens with one attached hydrogen (secondary N) is 2. The lowest BCUT2D eigenvalue weighted by Gasteiger charge is -2.13. The highest BCUT2D eigenvalue weighted by Crippen LogP contribution is 2.36. The molecule has 9 heteroatoms. The first-order chi connectivity index (χ1) is 15.5. The molecule has 1 aromatic heterocycles. The molecule has 3 aromatic rings. The summed E-state index contributed by atoms with van der Waals surface area (Å²) in [6, 6.07) is 13.3. The van der Waals surface area contributed by atoms with Crippen molar-refractivity contribution in [1.29, 1.82) is 0 Å². The summed E-state index contributed by atoms with van der Waals surface area (Å²) in [7, 11) is 0. The van der Waals surface area contributed by atoms with Crippen molar-refractivity contribution in [3.05, 3.63) is 76.2 Å². The molecule has 0 radical (unpaired) electrons. The van der Waals surface area contributed by atoms with Gasteiger partial charge < -0.3 is 19.2 Å². The highest BCUT2D eigenvalue weighted by Gasteiger charge is 2.15. The number of para-hydroxylation sites is 1. The number of carbonyl (C=O) groups excluding carboxylic acids is 2. The predicted molar refractivity (Wildman–Crippen MR) is 125 cm³/mol. The third-order valence-corrected chi connectivity index (χ3v) is 4.75. The van der Waals surface area contributed by atoms with E-state index >= 15 is 0 Å². The van der Waals surface area contributed by atoms with E-state index in [1.165, 1.54) is 18.5 Å². The van der Waals surface area contributed by atoms with Crippen LogP contribution >= 0.6 is 15.9 Å². The molecule has 0 aliphatic carbocycles. The first kappa shape index (κ1) is 23.1. The van der Waals surface area contributed by atoms with Crippen LogP contribution in [0.15, 0.2) is 68.8 Å². The van der Waals surface area contributed by atoms with E-state index in [1.54, 1.807) is 42.5 Å². The predicted octanol–water partition coefficient (Wildman–Crippen LogP) is 4.86. The number of halogens is 1. The number of rotatable bonds is 9. The average Bonchev–Trinajstić information content (AvgIpc) is 3.32. The number of hydrogen-bond acceptors (Lipinski definition) is 6. The summed E-state index contributed by atoms with van der Waals surface area (Å²) in [4.78, 5) is 24.9. The summed E-state index contributed by atoms with van der Waals surface area (Å²) in [5.74, 6) is 0.386. The molecule has 32 heavy (non-hydrogen) atoms. The molecule has 2 amide bonds. The Labute approximate surface area is 193 Å². The Hall–Kier alpha value is -3.59. The number of hydrogen-bond donors (Lipinski definition) is 2. The van der Waals surface area contributed by atoms with E-state index in [9.17, 15) is 9.59 Å². The summed E-state index contributed by atoms with van der Waals surface area (Å²) >= 11 is 3.47. The Morgan fingerprint density at radius 1 is 1.06 bits per heavy atom. The summed E-state index contributed by atoms with van der Waals surface area (Å²) in [5, 5.41) is 6.70. The van der Waals surface area contributed by atoms with Gasteiger partial charge in [-0.25, -0.2) is 5.43 Å². The van der Waals surface area contributed by atoms with Crippen molar-refractivity contribution < 1.29 is 23.5 Å². The summed E-state index contributed by atoms with van der Waals surface area (Å²) in [6.45, 7) is 4.75. The van der Waals surface area contributed by atoms with Crippen LogP contribution in [0, 0.1) is 0 Å². The van der Waals surface area contributed by atoms with Crippen LogP contribution < -0.4 is 20.2 Å². The zero-order valence-electron chi connectivity index (χ0n) is 17.6. The number of amides is 2. The maximum Gasteiger partial charge on any atom is 0.291 e. The van der Waals surface area contributed by atoms with Crippen LogP contribution in [0.3, 0.4) is 0 Å². The van der Waals surface area contributed by atoms with E-state index in [0.717, 1.165) is 0 Å². The third kappa shape index (κ3) is 5.76. The Balaban J connectivity index is 1.73. The second-order valence-corrected chi connectivity index (χ2v) is 7.23. The number of anilines is 1. The van der Waals surface area contributed by atoms with E-state index < -0.39 is 11.8 Å². The number of furan rings is 1. The molecule has 0 unspecified atom stereocenters. The quantitative estimate of drug-likeness (QED) is 0.323. The van der Waals surface area contributed by atoms with Gasteiger partial charge in [-0.15, -0.1) is 0 Å². The minimum atomic E-state index is -0.480. The lowest BCUT2D eigenvalue weighted by atomic mass is 10.1. The van der Waals surface area contributed by atoms with E-state index in [2.05, 4.69) is 31.8 Å². The van der Waals surface area contributed by atoms with Gasteiger partial charge in [0.25, 0.3) is 11.8 Å². The van der Waals surface area contributed by atoms with Crippen molar-refractivity contribution in [3.63, 3.8) is 0 Å². The zero-order valence-corrected chi connectivity index (χ0v) is 19.1. The summed E-state index contributed by atoms with van der Waals surface area (Å²) in [5.41, 5.74) is 3.77. The van der Waals surface area contributed by atoms with Crippen molar-refractivity contribution in [2.45, 2.75) is 13.8 Å². The van der Waals surface area contributed by atoms with E-state index in [-0.39, 0.29) is 11.3 Å². The molecule has 2 aromatic carbocycles. The van der Waals surface area contributed by atoms with Gasteiger partial charge in [0.15, 0.2) is 17.3 Å². The molecule has 0 fully saturated rings. The van der Waals surface area contributed by atoms with Crippen LogP contribution in [0.25, 0.3) is 0 Å². The van der Waals surface area contributed by atoms with Crippen LogP contribution in [0.5, 0.6) is 11.5 Å². The monoisotopic (exact) mass is 499 g/mol. The molecule has 0 saturated heterocycles. The van der Waals surface area contributed by atoms with Gasteiger partial charge in [0, 0.05) is 0 Å². The molecule has 3 rings (SSSR count). The highest BCUT2D eigenvalue weighted by molar-refractivity contribution is 9.10. The fourth-order valence-electron chi connectivity index (χ4n) is 2.82. The molecular formula is C23H22BrN3O5. The molecule has 8 nitrogen and oxygen atoms in total. The molecule has 166 valence electrons. The molecule has 1 heterocycles. The molecule has 2 N–H and O–H groups in total. The first-order valence-electron chi connectivity index (χ1n) is 9.89. The lowest BCUT2D eigenvalue weighted by molar-refractivity contribution is 0.0956. The van der Waals surface area contributed by atoms with Gasteiger partial charge in [-0.3, -0.25) is 9.59 Å². The van der Waals surface area contributed by atoms with Gasteiger partial charge in [-0.1, -0.05) is 12.1 Å². The molecule has 0 atom stereocenters. The second-order valence-electron chi connectivity index (χ2n) is 6.37. The molecule has 0 saturated carbocycles. The summed E-state index contributed by atoms with van der Waals surface area (Å²) in [6.07, 6.45) is 2.89. The van der Waals surface area contributed by atoms with Crippen LogP contribution in [0.2, 0.25) is 0 Å². The lowest BCUT2D eigenvalue weighted by Crippen LogP contribution is -2.21. The second kappa shape index (κ2) is 11.1. The number of benzene rings is 2. The number of nitrogens with zero attached hydrogens (tertiary/aromatic N) is 1. The van der Waals surface area contributed by atoms with Crippen LogP contribution in [0.1, 0.15) is 40.3 Å². The van der Waals surface area contributed by atoms with Gasteiger partial charge in [-0.2, -0.15) is 5.10 Å². The normalized spacial score (nSPS) is 10.7. The van der Waals surface area contributed by atoms with Gasteiger partial charge >= 0.3 is 0 Å². The molecule has 0 bridgehead atoms. The van der Waals surface area contributed by atoms with Crippen LogP contribution in [0.4, 0.5) is 5.69 Å². The van der Waals surface area contributed by atoms with E-state index in [4.69, 9.17) is 13.9 Å². The van der Waals surface area contributed by atoms with Gasteiger partial charge in [-0.05, 0) is 71.7 Å². The molecular weight excluding hydrogens is 478 g/mol. The maximum atomic E-state index is 12.6. The van der Waals surface area contributed by atoms with Crippen molar-refractivity contribution in [2.75, 3.05) is 18.5 Å². The summed E-state index contributed by atoms with van der Waals surface area (Å²) < 4.78 is 17.1. The highest BCUT2D eigenvalue weighted by atomic mass is 79.9. The largest absolute Gasteiger partial charge is 0.490 e. The molecule has 0 aliphatic rings. The zero-order chi connectivity index (χ0) is 22.9. The van der Waals surface area contributed by atoms with Crippen LogP contribution in [-0.4, -0.2) is 31.2 Å². The first-order valence-corrected chi connectivity index (χ1v) is 10.7. The molecule has 0 aliphatic heterocycles. The van der Waals surface area contributed by atoms with Crippen molar-refractivity contribution in [1.82, 2.24) is 5.43 Å². The fourth-order valence-corrected chi connectivity index (χ4v) is 3.39.